The van der Waals surface area contributed by atoms with E-state index in [0.717, 1.165) is 4.47 Å². The van der Waals surface area contributed by atoms with Crippen molar-refractivity contribution in [1.82, 2.24) is 9.97 Å². The summed E-state index contributed by atoms with van der Waals surface area (Å²) in [6.45, 7) is 0. The van der Waals surface area contributed by atoms with Gasteiger partial charge in [-0.2, -0.15) is 0 Å². The van der Waals surface area contributed by atoms with Crippen molar-refractivity contribution >= 4 is 15.9 Å². The SMILES string of the molecule is O=c1ccnc(-c2occc2Br)[nH]1. The molecule has 0 fully saturated rings. The quantitative estimate of drug-likeness (QED) is 0.827. The van der Waals surface area contributed by atoms with Crippen LogP contribution in [0.4, 0.5) is 0 Å². The Hall–Kier alpha value is -1.36. The predicted molar refractivity (Wildman–Crippen MR) is 50.3 cm³/mol. The fourth-order valence-electron chi connectivity index (χ4n) is 0.948. The van der Waals surface area contributed by atoms with Crippen molar-refractivity contribution in [3.63, 3.8) is 0 Å². The molecule has 0 amide bonds. The summed E-state index contributed by atoms with van der Waals surface area (Å²) >= 11 is 3.27. The normalized spacial score (nSPS) is 10.2. The van der Waals surface area contributed by atoms with Crippen LogP contribution in [0.25, 0.3) is 11.6 Å². The molecule has 0 aromatic carbocycles. The molecule has 66 valence electrons. The maximum absolute atomic E-state index is 10.9. The van der Waals surface area contributed by atoms with Crippen molar-refractivity contribution < 1.29 is 4.42 Å². The molecule has 2 aromatic heterocycles. The topological polar surface area (TPSA) is 58.9 Å². The molecule has 0 saturated heterocycles. The van der Waals surface area contributed by atoms with E-state index in [0.29, 0.717) is 11.6 Å². The molecule has 13 heavy (non-hydrogen) atoms. The average Bonchev–Trinajstić information content (AvgIpc) is 2.51. The van der Waals surface area contributed by atoms with E-state index in [9.17, 15) is 4.79 Å². The van der Waals surface area contributed by atoms with Gasteiger partial charge in [-0.1, -0.05) is 0 Å². The number of nitrogens with zero attached hydrogens (tertiary/aromatic N) is 1. The van der Waals surface area contributed by atoms with Crippen molar-refractivity contribution in [1.29, 1.82) is 0 Å². The Morgan fingerprint density at radius 2 is 2.31 bits per heavy atom. The lowest BCUT2D eigenvalue weighted by atomic mass is 10.4. The molecule has 0 aliphatic carbocycles. The summed E-state index contributed by atoms with van der Waals surface area (Å²) in [4.78, 5) is 17.5. The minimum atomic E-state index is -0.201. The first-order valence-electron chi connectivity index (χ1n) is 3.56. The highest BCUT2D eigenvalue weighted by Crippen LogP contribution is 2.25. The lowest BCUT2D eigenvalue weighted by Gasteiger charge is -1.94. The number of aromatic nitrogens is 2. The van der Waals surface area contributed by atoms with E-state index in [2.05, 4.69) is 25.9 Å². The van der Waals surface area contributed by atoms with Crippen LogP contribution in [-0.2, 0) is 0 Å². The van der Waals surface area contributed by atoms with Crippen molar-refractivity contribution in [2.75, 3.05) is 0 Å². The van der Waals surface area contributed by atoms with Gasteiger partial charge in [0.1, 0.15) is 0 Å². The highest BCUT2D eigenvalue weighted by atomic mass is 79.9. The van der Waals surface area contributed by atoms with E-state index in [4.69, 9.17) is 4.42 Å². The third kappa shape index (κ3) is 1.55. The zero-order chi connectivity index (χ0) is 9.26. The molecule has 4 nitrogen and oxygen atoms in total. The summed E-state index contributed by atoms with van der Waals surface area (Å²) < 4.78 is 5.89. The summed E-state index contributed by atoms with van der Waals surface area (Å²) in [6, 6.07) is 3.09. The smallest absolute Gasteiger partial charge is 0.251 e. The van der Waals surface area contributed by atoms with Crippen LogP contribution in [0.5, 0.6) is 0 Å². The molecule has 0 aliphatic rings. The molecule has 0 bridgehead atoms. The van der Waals surface area contributed by atoms with Gasteiger partial charge in [-0.05, 0) is 22.0 Å². The fourth-order valence-corrected chi connectivity index (χ4v) is 1.34. The molecule has 2 heterocycles. The molecular formula is C8H5BrN2O2. The molecule has 0 aliphatic heterocycles. The van der Waals surface area contributed by atoms with Gasteiger partial charge in [0.25, 0.3) is 5.56 Å². The van der Waals surface area contributed by atoms with Crippen molar-refractivity contribution in [3.8, 4) is 11.6 Å². The van der Waals surface area contributed by atoms with Gasteiger partial charge in [-0.15, -0.1) is 0 Å². The summed E-state index contributed by atoms with van der Waals surface area (Å²) in [7, 11) is 0. The molecule has 2 rings (SSSR count). The van der Waals surface area contributed by atoms with Crippen LogP contribution in [0.2, 0.25) is 0 Å². The van der Waals surface area contributed by atoms with E-state index in [1.165, 1.54) is 18.5 Å². The maximum Gasteiger partial charge on any atom is 0.251 e. The van der Waals surface area contributed by atoms with Crippen LogP contribution >= 0.6 is 15.9 Å². The maximum atomic E-state index is 10.9. The summed E-state index contributed by atoms with van der Waals surface area (Å²) in [5.41, 5.74) is -0.201. The van der Waals surface area contributed by atoms with Gasteiger partial charge in [0.05, 0.1) is 10.7 Å². The van der Waals surface area contributed by atoms with Crippen molar-refractivity contribution in [2.24, 2.45) is 0 Å². The largest absolute Gasteiger partial charge is 0.460 e. The lowest BCUT2D eigenvalue weighted by Crippen LogP contribution is -2.05. The van der Waals surface area contributed by atoms with E-state index in [-0.39, 0.29) is 5.56 Å². The Balaban J connectivity index is 2.59. The van der Waals surface area contributed by atoms with E-state index in [1.807, 2.05) is 0 Å². The molecule has 2 aromatic rings. The van der Waals surface area contributed by atoms with Crippen LogP contribution < -0.4 is 5.56 Å². The first-order valence-corrected chi connectivity index (χ1v) is 4.35. The third-order valence-corrected chi connectivity index (χ3v) is 2.13. The highest BCUT2D eigenvalue weighted by molar-refractivity contribution is 9.10. The molecule has 0 atom stereocenters. The number of nitrogens with one attached hydrogen (secondary N) is 1. The van der Waals surface area contributed by atoms with Gasteiger partial charge in [0.2, 0.25) is 0 Å². The van der Waals surface area contributed by atoms with E-state index >= 15 is 0 Å². The zero-order valence-corrected chi connectivity index (χ0v) is 8.04. The van der Waals surface area contributed by atoms with Crippen LogP contribution in [0.15, 0.2) is 38.3 Å². The Kier molecular flexibility index (Phi) is 2.02. The monoisotopic (exact) mass is 240 g/mol. The van der Waals surface area contributed by atoms with E-state index < -0.39 is 0 Å². The number of hydrogen-bond acceptors (Lipinski definition) is 3. The van der Waals surface area contributed by atoms with Crippen LogP contribution in [0, 0.1) is 0 Å². The molecule has 0 unspecified atom stereocenters. The van der Waals surface area contributed by atoms with Crippen molar-refractivity contribution in [2.45, 2.75) is 0 Å². The van der Waals surface area contributed by atoms with Gasteiger partial charge in [-0.25, -0.2) is 4.98 Å². The van der Waals surface area contributed by atoms with Crippen LogP contribution in [-0.4, -0.2) is 9.97 Å². The molecule has 0 radical (unpaired) electrons. The van der Waals surface area contributed by atoms with Gasteiger partial charge in [-0.3, -0.25) is 4.79 Å². The standard InChI is InChI=1S/C8H5BrN2O2/c9-5-2-4-13-7(5)8-10-3-1-6(12)11-8/h1-4H,(H,10,11,12). The molecule has 0 spiro atoms. The minimum absolute atomic E-state index is 0.201. The van der Waals surface area contributed by atoms with Crippen molar-refractivity contribution in [3.05, 3.63) is 39.4 Å². The van der Waals surface area contributed by atoms with Gasteiger partial charge < -0.3 is 9.40 Å². The number of halogens is 1. The number of rotatable bonds is 1. The zero-order valence-electron chi connectivity index (χ0n) is 6.45. The highest BCUT2D eigenvalue weighted by Gasteiger charge is 2.07. The Morgan fingerprint density at radius 3 is 2.92 bits per heavy atom. The lowest BCUT2D eigenvalue weighted by molar-refractivity contribution is 0.575. The second-order valence-corrected chi connectivity index (χ2v) is 3.23. The Morgan fingerprint density at radius 1 is 1.46 bits per heavy atom. The molecule has 5 heteroatoms. The first-order chi connectivity index (χ1) is 6.27. The fraction of sp³-hybridized carbons (Fsp3) is 0. The molecular weight excluding hydrogens is 236 g/mol. The van der Waals surface area contributed by atoms with E-state index in [1.54, 1.807) is 6.07 Å². The Bertz CT molecular complexity index is 475. The van der Waals surface area contributed by atoms with Gasteiger partial charge in [0.15, 0.2) is 11.6 Å². The summed E-state index contributed by atoms with van der Waals surface area (Å²) in [5, 5.41) is 0. The Labute approximate surface area is 81.8 Å². The van der Waals surface area contributed by atoms with Gasteiger partial charge in [0, 0.05) is 12.3 Å². The minimum Gasteiger partial charge on any atom is -0.460 e. The summed E-state index contributed by atoms with van der Waals surface area (Å²) in [6.07, 6.45) is 2.95. The second kappa shape index (κ2) is 3.18. The predicted octanol–water partition coefficient (Wildman–Crippen LogP) is 1.79. The first kappa shape index (κ1) is 8.25. The molecule has 1 N–H and O–H groups in total. The number of aromatic amines is 1. The molecule has 0 saturated carbocycles. The number of H-pyrrole nitrogens is 1. The third-order valence-electron chi connectivity index (χ3n) is 1.50. The van der Waals surface area contributed by atoms with Crippen LogP contribution in [0.3, 0.4) is 0 Å². The number of furan rings is 1. The average molecular weight is 241 g/mol. The van der Waals surface area contributed by atoms with Crippen LogP contribution in [0.1, 0.15) is 0 Å². The number of hydrogen-bond donors (Lipinski definition) is 1. The van der Waals surface area contributed by atoms with Gasteiger partial charge >= 0.3 is 0 Å². The summed E-state index contributed by atoms with van der Waals surface area (Å²) in [5.74, 6) is 0.946. The second-order valence-electron chi connectivity index (χ2n) is 2.38.